The van der Waals surface area contributed by atoms with E-state index in [1.165, 1.54) is 17.5 Å². The zero-order chi connectivity index (χ0) is 21.0. The summed E-state index contributed by atoms with van der Waals surface area (Å²) in [7, 11) is 0. The van der Waals surface area contributed by atoms with Crippen LogP contribution in [-0.4, -0.2) is 19.6 Å². The molecule has 2 aromatic carbocycles. The normalized spacial score (nSPS) is 13.5. The van der Waals surface area contributed by atoms with Crippen molar-refractivity contribution in [1.29, 1.82) is 5.26 Å². The summed E-state index contributed by atoms with van der Waals surface area (Å²) in [5, 5.41) is 20.2. The molecule has 30 heavy (non-hydrogen) atoms. The van der Waals surface area contributed by atoms with Gasteiger partial charge in [-0.1, -0.05) is 24.3 Å². The Kier molecular flexibility index (Phi) is 3.93. The first kappa shape index (κ1) is 18.1. The number of phenols is 1. The number of aromatic hydroxyl groups is 1. The van der Waals surface area contributed by atoms with Gasteiger partial charge >= 0.3 is 0 Å². The molecule has 0 aliphatic heterocycles. The highest BCUT2D eigenvalue weighted by Crippen LogP contribution is 2.42. The van der Waals surface area contributed by atoms with Crippen molar-refractivity contribution < 1.29 is 13.9 Å². The number of nitriles is 1. The number of phenolic OH excluding ortho intramolecular Hbond substituents is 1. The molecule has 0 spiro atoms. The van der Waals surface area contributed by atoms with Gasteiger partial charge in [0, 0.05) is 11.6 Å². The molecule has 8 heteroatoms. The van der Waals surface area contributed by atoms with Crippen molar-refractivity contribution in [1.82, 2.24) is 14.5 Å². The van der Waals surface area contributed by atoms with Crippen LogP contribution in [0.2, 0.25) is 0 Å². The smallest absolute Gasteiger partial charge is 0.200 e. The summed E-state index contributed by atoms with van der Waals surface area (Å²) >= 11 is 0. The molecule has 1 aliphatic rings. The van der Waals surface area contributed by atoms with E-state index in [4.69, 9.17) is 5.73 Å². The van der Waals surface area contributed by atoms with Gasteiger partial charge in [0.25, 0.3) is 0 Å². The fourth-order valence-electron chi connectivity index (χ4n) is 4.34. The predicted octanol–water partition coefficient (Wildman–Crippen LogP) is 3.88. The van der Waals surface area contributed by atoms with Crippen LogP contribution in [0.25, 0.3) is 22.2 Å². The van der Waals surface area contributed by atoms with Gasteiger partial charge in [0.1, 0.15) is 29.6 Å². The number of aromatic nitrogens is 3. The molecule has 6 nitrogen and oxygen atoms in total. The van der Waals surface area contributed by atoms with Gasteiger partial charge in [-0.2, -0.15) is 9.65 Å². The van der Waals surface area contributed by atoms with Crippen molar-refractivity contribution in [3.8, 4) is 22.9 Å². The maximum atomic E-state index is 14.1. The van der Waals surface area contributed by atoms with E-state index in [-0.39, 0.29) is 28.7 Å². The number of nitrogen functional groups attached to an aromatic ring is 1. The van der Waals surface area contributed by atoms with E-state index in [9.17, 15) is 19.1 Å². The number of anilines is 1. The standard InChI is InChI=1S/C22H15F2N5O/c23-15-7-13(8-17(30)20(15)24)18-16(9-25)29(22-19(18)21(26)27-10-28-22)14-5-11-3-1-2-4-12(11)6-14/h1-4,7-8,10,14,30H,5-6H2,(H2,26,27,28). The molecule has 0 fully saturated rings. The summed E-state index contributed by atoms with van der Waals surface area (Å²) in [6.07, 6.45) is 2.70. The minimum Gasteiger partial charge on any atom is -0.505 e. The quantitative estimate of drug-likeness (QED) is 0.529. The first-order valence-corrected chi connectivity index (χ1v) is 9.29. The van der Waals surface area contributed by atoms with Crippen LogP contribution in [0.3, 0.4) is 0 Å². The molecule has 0 unspecified atom stereocenters. The number of hydrogen-bond acceptors (Lipinski definition) is 5. The zero-order valence-corrected chi connectivity index (χ0v) is 15.6. The molecule has 0 amide bonds. The fraction of sp³-hybridized carbons (Fsp3) is 0.136. The largest absolute Gasteiger partial charge is 0.505 e. The molecule has 148 valence electrons. The molecule has 0 saturated carbocycles. The summed E-state index contributed by atoms with van der Waals surface area (Å²) in [6, 6.07) is 12.1. The van der Waals surface area contributed by atoms with Crippen molar-refractivity contribution in [2.24, 2.45) is 0 Å². The number of hydrogen-bond donors (Lipinski definition) is 2. The Balaban J connectivity index is 1.81. The molecule has 2 heterocycles. The van der Waals surface area contributed by atoms with Gasteiger partial charge in [-0.15, -0.1) is 0 Å². The van der Waals surface area contributed by atoms with E-state index in [1.54, 1.807) is 4.57 Å². The van der Waals surface area contributed by atoms with Gasteiger partial charge in [-0.05, 0) is 41.7 Å². The SMILES string of the molecule is N#Cc1c(-c2cc(O)c(F)c(F)c2)c2c(N)ncnc2n1C1Cc2ccccc2C1. The molecular weight excluding hydrogens is 388 g/mol. The molecule has 0 radical (unpaired) electrons. The van der Waals surface area contributed by atoms with E-state index in [0.717, 1.165) is 12.1 Å². The van der Waals surface area contributed by atoms with Crippen molar-refractivity contribution in [2.75, 3.05) is 5.73 Å². The zero-order valence-electron chi connectivity index (χ0n) is 15.6. The fourth-order valence-corrected chi connectivity index (χ4v) is 4.34. The van der Waals surface area contributed by atoms with Crippen LogP contribution in [0.4, 0.5) is 14.6 Å². The molecule has 3 N–H and O–H groups in total. The number of nitrogens with two attached hydrogens (primary N) is 1. The molecule has 0 bridgehead atoms. The van der Waals surface area contributed by atoms with Gasteiger partial charge in [-0.3, -0.25) is 0 Å². The first-order valence-electron chi connectivity index (χ1n) is 9.29. The van der Waals surface area contributed by atoms with Gasteiger partial charge < -0.3 is 15.4 Å². The van der Waals surface area contributed by atoms with E-state index < -0.39 is 17.4 Å². The summed E-state index contributed by atoms with van der Waals surface area (Å²) in [4.78, 5) is 8.38. The second-order valence-corrected chi connectivity index (χ2v) is 7.28. The molecule has 2 aromatic heterocycles. The Morgan fingerprint density at radius 1 is 1.13 bits per heavy atom. The third-order valence-electron chi connectivity index (χ3n) is 5.61. The van der Waals surface area contributed by atoms with Crippen LogP contribution >= 0.6 is 0 Å². The van der Waals surface area contributed by atoms with Crippen LogP contribution < -0.4 is 5.73 Å². The summed E-state index contributed by atoms with van der Waals surface area (Å²) < 4.78 is 29.5. The van der Waals surface area contributed by atoms with Crippen molar-refractivity contribution in [2.45, 2.75) is 18.9 Å². The molecule has 1 aliphatic carbocycles. The Morgan fingerprint density at radius 2 is 1.83 bits per heavy atom. The number of halogens is 2. The highest BCUT2D eigenvalue weighted by atomic mass is 19.2. The highest BCUT2D eigenvalue weighted by Gasteiger charge is 2.31. The first-order chi connectivity index (χ1) is 14.5. The lowest BCUT2D eigenvalue weighted by Gasteiger charge is -2.14. The summed E-state index contributed by atoms with van der Waals surface area (Å²) in [5.41, 5.74) is 9.53. The van der Waals surface area contributed by atoms with Crippen molar-refractivity contribution in [3.05, 3.63) is 71.2 Å². The second-order valence-electron chi connectivity index (χ2n) is 7.28. The third kappa shape index (κ3) is 2.52. The third-order valence-corrected chi connectivity index (χ3v) is 5.61. The topological polar surface area (TPSA) is 101 Å². The van der Waals surface area contributed by atoms with Crippen LogP contribution in [0.5, 0.6) is 5.75 Å². The van der Waals surface area contributed by atoms with E-state index in [1.807, 2.05) is 24.3 Å². The summed E-state index contributed by atoms with van der Waals surface area (Å²) in [5.74, 6) is -3.31. The second kappa shape index (κ2) is 6.52. The Bertz CT molecular complexity index is 1320. The molecular formula is C22H15F2N5O. The van der Waals surface area contributed by atoms with Crippen molar-refractivity contribution in [3.63, 3.8) is 0 Å². The minimum absolute atomic E-state index is 0.0958. The van der Waals surface area contributed by atoms with Crippen LogP contribution in [-0.2, 0) is 12.8 Å². The maximum Gasteiger partial charge on any atom is 0.200 e. The van der Waals surface area contributed by atoms with E-state index in [0.29, 0.717) is 23.9 Å². The Hall–Kier alpha value is -3.99. The number of benzene rings is 2. The van der Waals surface area contributed by atoms with Crippen molar-refractivity contribution >= 4 is 16.9 Å². The lowest BCUT2D eigenvalue weighted by atomic mass is 10.0. The average molecular weight is 403 g/mol. The molecule has 0 saturated heterocycles. The van der Waals surface area contributed by atoms with Gasteiger partial charge in [0.15, 0.2) is 17.4 Å². The van der Waals surface area contributed by atoms with Gasteiger partial charge in [-0.25, -0.2) is 14.4 Å². The lowest BCUT2D eigenvalue weighted by Crippen LogP contribution is -2.12. The minimum atomic E-state index is -1.35. The number of nitrogens with zero attached hydrogens (tertiary/aromatic N) is 4. The Morgan fingerprint density at radius 3 is 2.47 bits per heavy atom. The number of fused-ring (bicyclic) bond motifs is 2. The van der Waals surface area contributed by atoms with Crippen LogP contribution in [0.1, 0.15) is 22.9 Å². The lowest BCUT2D eigenvalue weighted by molar-refractivity contribution is 0.407. The maximum absolute atomic E-state index is 14.1. The highest BCUT2D eigenvalue weighted by molar-refractivity contribution is 6.03. The average Bonchev–Trinajstić information content (AvgIpc) is 3.30. The number of rotatable bonds is 2. The predicted molar refractivity (Wildman–Crippen MR) is 107 cm³/mol. The van der Waals surface area contributed by atoms with Gasteiger partial charge in [0.05, 0.1) is 5.39 Å². The molecule has 5 rings (SSSR count). The van der Waals surface area contributed by atoms with E-state index >= 15 is 0 Å². The Labute approximate surface area is 169 Å². The van der Waals surface area contributed by atoms with Gasteiger partial charge in [0.2, 0.25) is 0 Å². The van der Waals surface area contributed by atoms with E-state index in [2.05, 4.69) is 16.0 Å². The molecule has 0 atom stereocenters. The van der Waals surface area contributed by atoms with Crippen LogP contribution in [0.15, 0.2) is 42.7 Å². The summed E-state index contributed by atoms with van der Waals surface area (Å²) in [6.45, 7) is 0. The monoisotopic (exact) mass is 403 g/mol. The van der Waals surface area contributed by atoms with Crippen LogP contribution in [0, 0.1) is 23.0 Å². The molecule has 4 aromatic rings.